The highest BCUT2D eigenvalue weighted by Gasteiger charge is 2.29. The number of hydrogen-bond acceptors (Lipinski definition) is 3. The highest BCUT2D eigenvalue weighted by molar-refractivity contribution is 6.02. The zero-order valence-electron chi connectivity index (χ0n) is 18.6. The maximum Gasteiger partial charge on any atom is 0.416 e. The second kappa shape index (κ2) is 9.50. The maximum atomic E-state index is 12.9. The molecular weight excluding hydrogens is 449 g/mol. The summed E-state index contributed by atoms with van der Waals surface area (Å²) in [4.78, 5) is 4.43. The minimum Gasteiger partial charge on any atom is -0.489 e. The van der Waals surface area contributed by atoms with Crippen LogP contribution in [0.15, 0.2) is 109 Å². The third kappa shape index (κ3) is 5.11. The number of hydrogen-bond donors (Lipinski definition) is 1. The highest BCUT2D eigenvalue weighted by Crippen LogP contribution is 2.35. The smallest absolute Gasteiger partial charge is 0.416 e. The molecule has 0 aliphatic heterocycles. The number of rotatable bonds is 6. The van der Waals surface area contributed by atoms with Crippen LogP contribution in [0.3, 0.4) is 0 Å². The van der Waals surface area contributed by atoms with Crippen molar-refractivity contribution < 1.29 is 17.9 Å². The van der Waals surface area contributed by atoms with Crippen LogP contribution in [0.1, 0.15) is 11.1 Å². The standard InChI is InChI=1S/C29H21F3N2O/c30-29(31,32)22-12-14-23(15-13-22)34-28-27-11-5-10-25(26(27)16-17-33-28)21-8-4-9-24(18-21)35-19-20-6-2-1-3-7-20/h1-18H,19H2,(H,33,34). The fourth-order valence-electron chi connectivity index (χ4n) is 3.93. The SMILES string of the molecule is FC(F)(F)c1ccc(Nc2nccc3c(-c4cccc(OCc5ccccc5)c4)cccc23)cc1. The number of pyridine rings is 1. The van der Waals surface area contributed by atoms with E-state index in [2.05, 4.69) is 10.3 Å². The molecule has 0 amide bonds. The summed E-state index contributed by atoms with van der Waals surface area (Å²) in [6.45, 7) is 0.477. The molecule has 0 aliphatic carbocycles. The van der Waals surface area contributed by atoms with E-state index >= 15 is 0 Å². The van der Waals surface area contributed by atoms with Gasteiger partial charge in [0.2, 0.25) is 0 Å². The van der Waals surface area contributed by atoms with Crippen LogP contribution < -0.4 is 10.1 Å². The Labute approximate surface area is 200 Å². The van der Waals surface area contributed by atoms with E-state index in [1.807, 2.05) is 78.9 Å². The van der Waals surface area contributed by atoms with Gasteiger partial charge in [0, 0.05) is 17.3 Å². The number of alkyl halides is 3. The average molecular weight is 470 g/mol. The number of nitrogens with one attached hydrogen (secondary N) is 1. The lowest BCUT2D eigenvalue weighted by molar-refractivity contribution is -0.137. The first-order valence-electron chi connectivity index (χ1n) is 11.1. The van der Waals surface area contributed by atoms with Crippen LogP contribution in [0.25, 0.3) is 21.9 Å². The Bertz CT molecular complexity index is 1450. The van der Waals surface area contributed by atoms with Gasteiger partial charge in [-0.15, -0.1) is 0 Å². The summed E-state index contributed by atoms with van der Waals surface area (Å²) in [5.74, 6) is 1.33. The van der Waals surface area contributed by atoms with Crippen molar-refractivity contribution in [3.63, 3.8) is 0 Å². The lowest BCUT2D eigenvalue weighted by Gasteiger charge is -2.13. The fraction of sp³-hybridized carbons (Fsp3) is 0.0690. The second-order valence-electron chi connectivity index (χ2n) is 8.06. The minimum absolute atomic E-state index is 0.477. The number of nitrogens with zero attached hydrogens (tertiary/aromatic N) is 1. The van der Waals surface area contributed by atoms with Crippen molar-refractivity contribution in [3.05, 3.63) is 120 Å². The monoisotopic (exact) mass is 470 g/mol. The fourth-order valence-corrected chi connectivity index (χ4v) is 3.93. The first-order valence-corrected chi connectivity index (χ1v) is 11.1. The molecule has 0 bridgehead atoms. The summed E-state index contributed by atoms with van der Waals surface area (Å²) >= 11 is 0. The number of benzene rings is 4. The molecule has 1 N–H and O–H groups in total. The van der Waals surface area contributed by atoms with E-state index in [9.17, 15) is 13.2 Å². The number of fused-ring (bicyclic) bond motifs is 1. The van der Waals surface area contributed by atoms with Crippen molar-refractivity contribution in [1.82, 2.24) is 4.98 Å². The van der Waals surface area contributed by atoms with Gasteiger partial charge in [-0.1, -0.05) is 60.7 Å². The van der Waals surface area contributed by atoms with Gasteiger partial charge in [-0.25, -0.2) is 4.98 Å². The topological polar surface area (TPSA) is 34.2 Å². The summed E-state index contributed by atoms with van der Waals surface area (Å²) in [7, 11) is 0. The molecule has 3 nitrogen and oxygen atoms in total. The average Bonchev–Trinajstić information content (AvgIpc) is 2.88. The molecule has 5 rings (SSSR count). The van der Waals surface area contributed by atoms with Crippen molar-refractivity contribution >= 4 is 22.3 Å². The van der Waals surface area contributed by atoms with Crippen molar-refractivity contribution in [2.45, 2.75) is 12.8 Å². The molecule has 174 valence electrons. The van der Waals surface area contributed by atoms with Gasteiger partial charge >= 0.3 is 6.18 Å². The molecule has 0 saturated carbocycles. The second-order valence-corrected chi connectivity index (χ2v) is 8.06. The quantitative estimate of drug-likeness (QED) is 0.271. The van der Waals surface area contributed by atoms with Crippen LogP contribution in [0.4, 0.5) is 24.7 Å². The predicted molar refractivity (Wildman–Crippen MR) is 133 cm³/mol. The lowest BCUT2D eigenvalue weighted by Crippen LogP contribution is -2.04. The van der Waals surface area contributed by atoms with Crippen LogP contribution in [-0.2, 0) is 12.8 Å². The van der Waals surface area contributed by atoms with Crippen molar-refractivity contribution in [2.24, 2.45) is 0 Å². The molecule has 1 heterocycles. The van der Waals surface area contributed by atoms with E-state index < -0.39 is 11.7 Å². The van der Waals surface area contributed by atoms with E-state index in [0.717, 1.165) is 45.3 Å². The van der Waals surface area contributed by atoms with E-state index in [4.69, 9.17) is 4.74 Å². The Hall–Kier alpha value is -4.32. The van der Waals surface area contributed by atoms with Crippen molar-refractivity contribution in [3.8, 4) is 16.9 Å². The molecule has 0 atom stereocenters. The predicted octanol–water partition coefficient (Wildman–Crippen LogP) is 8.24. The van der Waals surface area contributed by atoms with E-state index in [0.29, 0.717) is 18.1 Å². The Morgan fingerprint density at radius 2 is 1.51 bits per heavy atom. The largest absolute Gasteiger partial charge is 0.489 e. The molecule has 0 saturated heterocycles. The zero-order valence-corrected chi connectivity index (χ0v) is 18.6. The number of aromatic nitrogens is 1. The van der Waals surface area contributed by atoms with E-state index in [1.165, 1.54) is 12.1 Å². The number of ether oxygens (including phenoxy) is 1. The van der Waals surface area contributed by atoms with Gasteiger partial charge < -0.3 is 10.1 Å². The molecule has 1 aromatic heterocycles. The summed E-state index contributed by atoms with van der Waals surface area (Å²) in [6, 6.07) is 30.6. The number of anilines is 2. The summed E-state index contributed by atoms with van der Waals surface area (Å²) < 4.78 is 44.6. The third-order valence-electron chi connectivity index (χ3n) is 5.67. The Kier molecular flexibility index (Phi) is 6.10. The normalized spacial score (nSPS) is 11.4. The summed E-state index contributed by atoms with van der Waals surface area (Å²) in [5.41, 5.74) is 2.93. The van der Waals surface area contributed by atoms with Crippen LogP contribution in [0.5, 0.6) is 5.75 Å². The zero-order chi connectivity index (χ0) is 24.3. The van der Waals surface area contributed by atoms with Crippen molar-refractivity contribution in [2.75, 3.05) is 5.32 Å². The Morgan fingerprint density at radius 1 is 0.743 bits per heavy atom. The molecule has 5 aromatic rings. The molecule has 0 unspecified atom stereocenters. The van der Waals surface area contributed by atoms with Crippen LogP contribution in [-0.4, -0.2) is 4.98 Å². The highest BCUT2D eigenvalue weighted by atomic mass is 19.4. The maximum absolute atomic E-state index is 12.9. The first-order chi connectivity index (χ1) is 17.0. The summed E-state index contributed by atoms with van der Waals surface area (Å²) in [5, 5.41) is 4.98. The van der Waals surface area contributed by atoms with Crippen LogP contribution >= 0.6 is 0 Å². The molecular formula is C29H21F3N2O. The van der Waals surface area contributed by atoms with Gasteiger partial charge in [0.05, 0.1) is 5.56 Å². The van der Waals surface area contributed by atoms with Crippen LogP contribution in [0.2, 0.25) is 0 Å². The molecule has 0 radical (unpaired) electrons. The number of halogens is 3. The molecule has 0 aliphatic rings. The molecule has 35 heavy (non-hydrogen) atoms. The van der Waals surface area contributed by atoms with Crippen molar-refractivity contribution in [1.29, 1.82) is 0 Å². The van der Waals surface area contributed by atoms with E-state index in [-0.39, 0.29) is 0 Å². The first kappa shape index (κ1) is 22.5. The molecule has 4 aromatic carbocycles. The molecule has 6 heteroatoms. The Balaban J connectivity index is 1.43. The Morgan fingerprint density at radius 3 is 2.29 bits per heavy atom. The molecule has 0 spiro atoms. The minimum atomic E-state index is -4.37. The van der Waals surface area contributed by atoms with E-state index in [1.54, 1.807) is 6.20 Å². The van der Waals surface area contributed by atoms with Gasteiger partial charge in [0.1, 0.15) is 18.2 Å². The van der Waals surface area contributed by atoms with Gasteiger partial charge in [-0.3, -0.25) is 0 Å². The molecule has 0 fully saturated rings. The third-order valence-corrected chi connectivity index (χ3v) is 5.67. The summed E-state index contributed by atoms with van der Waals surface area (Å²) in [6.07, 6.45) is -2.68. The lowest BCUT2D eigenvalue weighted by atomic mass is 9.99. The van der Waals surface area contributed by atoms with Crippen LogP contribution in [0, 0.1) is 0 Å². The van der Waals surface area contributed by atoms with Gasteiger partial charge in [-0.05, 0) is 64.5 Å². The van der Waals surface area contributed by atoms with Gasteiger partial charge in [-0.2, -0.15) is 13.2 Å². The van der Waals surface area contributed by atoms with Gasteiger partial charge in [0.15, 0.2) is 0 Å². The van der Waals surface area contributed by atoms with Gasteiger partial charge in [0.25, 0.3) is 0 Å².